The molecule has 1 aromatic heterocycles. The average Bonchev–Trinajstić information content (AvgIpc) is 2.96. The summed E-state index contributed by atoms with van der Waals surface area (Å²) in [6.07, 6.45) is 0.446. The Morgan fingerprint density at radius 1 is 1.14 bits per heavy atom. The number of fused-ring (bicyclic) bond motifs is 1. The highest BCUT2D eigenvalue weighted by Gasteiger charge is 2.16. The maximum Gasteiger partial charge on any atom is 0.426 e. The maximum absolute atomic E-state index is 11.5. The van der Waals surface area contributed by atoms with Gasteiger partial charge in [0, 0.05) is 0 Å². The third-order valence-electron chi connectivity index (χ3n) is 3.23. The van der Waals surface area contributed by atoms with E-state index in [0.29, 0.717) is 5.75 Å². The zero-order valence-corrected chi connectivity index (χ0v) is 11.8. The molecule has 0 spiro atoms. The second kappa shape index (κ2) is 6.17. The lowest BCUT2D eigenvalue weighted by Crippen LogP contribution is -2.41. The average molecular weight is 297 g/mol. The van der Waals surface area contributed by atoms with E-state index in [4.69, 9.17) is 4.74 Å². The Morgan fingerprint density at radius 2 is 1.86 bits per heavy atom. The van der Waals surface area contributed by atoms with Crippen molar-refractivity contribution in [2.24, 2.45) is 0 Å². The van der Waals surface area contributed by atoms with Crippen molar-refractivity contribution in [3.05, 3.63) is 60.9 Å². The van der Waals surface area contributed by atoms with Gasteiger partial charge in [-0.3, -0.25) is 0 Å². The van der Waals surface area contributed by atoms with Crippen molar-refractivity contribution in [3.63, 3.8) is 0 Å². The summed E-state index contributed by atoms with van der Waals surface area (Å²) in [7, 11) is 0. The molecule has 3 rings (SSSR count). The fraction of sp³-hybridized carbons (Fsp3) is 0.125. The van der Waals surface area contributed by atoms with Crippen LogP contribution in [0.1, 0.15) is 0 Å². The molecule has 0 atom stereocenters. The van der Waals surface area contributed by atoms with Crippen LogP contribution in [0.15, 0.2) is 60.9 Å². The summed E-state index contributed by atoms with van der Waals surface area (Å²) in [5, 5.41) is 10.6. The molecule has 1 N–H and O–H groups in total. The Morgan fingerprint density at radius 3 is 2.64 bits per heavy atom. The fourth-order valence-corrected chi connectivity index (χ4v) is 2.20. The highest BCUT2D eigenvalue weighted by atomic mass is 16.5. The van der Waals surface area contributed by atoms with E-state index in [1.54, 1.807) is 0 Å². The molecule has 0 saturated carbocycles. The normalized spacial score (nSPS) is 10.5. The quantitative estimate of drug-likeness (QED) is 0.786. The van der Waals surface area contributed by atoms with E-state index < -0.39 is 6.09 Å². The lowest BCUT2D eigenvalue weighted by molar-refractivity contribution is 0.191. The molecule has 0 saturated heterocycles. The van der Waals surface area contributed by atoms with Crippen LogP contribution in [0.2, 0.25) is 0 Å². The molecule has 6 heteroatoms. The molecule has 3 aromatic rings. The van der Waals surface area contributed by atoms with Crippen LogP contribution in [0, 0.1) is 0 Å². The van der Waals surface area contributed by atoms with E-state index in [2.05, 4.69) is 4.98 Å². The van der Waals surface area contributed by atoms with E-state index in [1.165, 1.54) is 16.0 Å². The maximum atomic E-state index is 11.5. The van der Waals surface area contributed by atoms with Gasteiger partial charge in [-0.1, -0.05) is 30.3 Å². The molecule has 0 unspecified atom stereocenters. The number of rotatable bonds is 5. The minimum Gasteiger partial charge on any atom is -0.492 e. The lowest BCUT2D eigenvalue weighted by atomic mass is 10.3. The molecular formula is C16H15N3O3. The smallest absolute Gasteiger partial charge is 0.426 e. The third kappa shape index (κ3) is 2.85. The van der Waals surface area contributed by atoms with Crippen LogP contribution in [0.3, 0.4) is 0 Å². The van der Waals surface area contributed by atoms with Gasteiger partial charge < -0.3 is 9.84 Å². The van der Waals surface area contributed by atoms with E-state index in [1.807, 2.05) is 54.6 Å². The molecule has 6 nitrogen and oxygen atoms in total. The summed E-state index contributed by atoms with van der Waals surface area (Å²) in [5.41, 5.74) is 1.49. The number of aromatic nitrogens is 2. The molecule has 0 aliphatic carbocycles. The minimum absolute atomic E-state index is 0.199. The predicted molar refractivity (Wildman–Crippen MR) is 82.8 cm³/mol. The number of imidazole rings is 1. The Kier molecular flexibility index (Phi) is 3.91. The monoisotopic (exact) mass is 297 g/mol. The van der Waals surface area contributed by atoms with Gasteiger partial charge in [-0.15, -0.1) is 0 Å². The Balaban J connectivity index is 1.74. The number of para-hydroxylation sites is 3. The van der Waals surface area contributed by atoms with Gasteiger partial charge in [0.1, 0.15) is 18.7 Å². The van der Waals surface area contributed by atoms with Gasteiger partial charge in [-0.2, -0.15) is 0 Å². The summed E-state index contributed by atoms with van der Waals surface area (Å²) < 4.78 is 7.08. The highest BCUT2D eigenvalue weighted by molar-refractivity contribution is 5.82. The number of carboxylic acid groups (broad SMARTS) is 1. The molecular weight excluding hydrogens is 282 g/mol. The van der Waals surface area contributed by atoms with E-state index in [-0.39, 0.29) is 13.2 Å². The fourth-order valence-electron chi connectivity index (χ4n) is 2.20. The molecule has 0 radical (unpaired) electrons. The van der Waals surface area contributed by atoms with Crippen LogP contribution in [0.5, 0.6) is 5.75 Å². The van der Waals surface area contributed by atoms with E-state index in [0.717, 1.165) is 11.0 Å². The number of hydrogen-bond donors (Lipinski definition) is 1. The van der Waals surface area contributed by atoms with Gasteiger partial charge >= 0.3 is 6.09 Å². The number of carbonyl (C=O) groups is 1. The number of amides is 1. The molecule has 112 valence electrons. The van der Waals surface area contributed by atoms with Crippen LogP contribution in [-0.4, -0.2) is 34.0 Å². The predicted octanol–water partition coefficient (Wildman–Crippen LogP) is 2.73. The highest BCUT2D eigenvalue weighted by Crippen LogP contribution is 2.13. The molecule has 2 aromatic carbocycles. The van der Waals surface area contributed by atoms with Crippen LogP contribution in [0.4, 0.5) is 4.79 Å². The van der Waals surface area contributed by atoms with Gasteiger partial charge in [0.15, 0.2) is 0 Å². The van der Waals surface area contributed by atoms with E-state index in [9.17, 15) is 9.90 Å². The first-order valence-corrected chi connectivity index (χ1v) is 6.86. The van der Waals surface area contributed by atoms with E-state index >= 15 is 0 Å². The van der Waals surface area contributed by atoms with Gasteiger partial charge in [0.05, 0.1) is 17.6 Å². The summed E-state index contributed by atoms with van der Waals surface area (Å²) in [5.74, 6) is 0.711. The van der Waals surface area contributed by atoms with Gasteiger partial charge in [-0.05, 0) is 24.3 Å². The van der Waals surface area contributed by atoms with Crippen LogP contribution < -0.4 is 9.75 Å². The minimum atomic E-state index is -1.06. The first-order valence-electron chi connectivity index (χ1n) is 6.86. The van der Waals surface area contributed by atoms with Crippen LogP contribution in [-0.2, 0) is 0 Å². The number of ether oxygens (including phenoxy) is 1. The Labute approximate surface area is 127 Å². The second-order valence-corrected chi connectivity index (χ2v) is 4.65. The molecule has 0 bridgehead atoms. The zero-order chi connectivity index (χ0) is 15.4. The van der Waals surface area contributed by atoms with Gasteiger partial charge in [0.2, 0.25) is 0 Å². The number of hydrogen-bond acceptors (Lipinski definition) is 3. The first kappa shape index (κ1) is 13.9. The second-order valence-electron chi connectivity index (χ2n) is 4.65. The SMILES string of the molecule is O=C(O)N(CCOc1ccccc1)n1cnc2ccccc21. The largest absolute Gasteiger partial charge is 0.492 e. The Bertz CT molecular complexity index is 770. The summed E-state index contributed by atoms with van der Waals surface area (Å²) in [6, 6.07) is 16.7. The van der Waals surface area contributed by atoms with Crippen molar-refractivity contribution in [3.8, 4) is 5.75 Å². The molecule has 0 fully saturated rings. The summed E-state index contributed by atoms with van der Waals surface area (Å²) in [6.45, 7) is 0.452. The molecule has 1 amide bonds. The number of nitrogens with zero attached hydrogens (tertiary/aromatic N) is 3. The van der Waals surface area contributed by atoms with Crippen molar-refractivity contribution in [1.29, 1.82) is 0 Å². The zero-order valence-electron chi connectivity index (χ0n) is 11.8. The Hall–Kier alpha value is -3.02. The van der Waals surface area contributed by atoms with Crippen molar-refractivity contribution in [2.45, 2.75) is 0 Å². The topological polar surface area (TPSA) is 67.6 Å². The van der Waals surface area contributed by atoms with Crippen molar-refractivity contribution < 1.29 is 14.6 Å². The van der Waals surface area contributed by atoms with Crippen molar-refractivity contribution in [1.82, 2.24) is 9.66 Å². The molecule has 22 heavy (non-hydrogen) atoms. The molecule has 0 aliphatic rings. The lowest BCUT2D eigenvalue weighted by Gasteiger charge is -2.20. The molecule has 0 aliphatic heterocycles. The molecule has 1 heterocycles. The van der Waals surface area contributed by atoms with Gasteiger partial charge in [0.25, 0.3) is 0 Å². The van der Waals surface area contributed by atoms with Gasteiger partial charge in [-0.25, -0.2) is 19.5 Å². The van der Waals surface area contributed by atoms with Crippen molar-refractivity contribution in [2.75, 3.05) is 18.2 Å². The van der Waals surface area contributed by atoms with Crippen LogP contribution >= 0.6 is 0 Å². The summed E-state index contributed by atoms with van der Waals surface area (Å²) in [4.78, 5) is 15.7. The number of benzene rings is 2. The first-order chi connectivity index (χ1) is 10.8. The van der Waals surface area contributed by atoms with Crippen LogP contribution in [0.25, 0.3) is 11.0 Å². The standard InChI is InChI=1S/C16H15N3O3/c20-16(21)18(10-11-22-13-6-2-1-3-7-13)19-12-17-14-8-4-5-9-15(14)19/h1-9,12H,10-11H2,(H,20,21). The summed E-state index contributed by atoms with van der Waals surface area (Å²) >= 11 is 0. The van der Waals surface area contributed by atoms with Crippen molar-refractivity contribution >= 4 is 17.1 Å². The third-order valence-corrected chi connectivity index (χ3v) is 3.23.